The average Bonchev–Trinajstić information content (AvgIpc) is 3.40. The zero-order valence-electron chi connectivity index (χ0n) is 12.3. The lowest BCUT2D eigenvalue weighted by atomic mass is 10.1. The van der Waals surface area contributed by atoms with Gasteiger partial charge in [0.05, 0.1) is 11.3 Å². The standard InChI is InChI=1S/C18H15NO4/c20-16(12-10-11-12)14-8-4-5-9-15(14)19-18(22)23-17(21)13-6-2-1-3-7-13/h1-9,12H,10-11H2,(H,19,22). The number of carbonyl (C=O) groups excluding carboxylic acids is 3. The van der Waals surface area contributed by atoms with Crippen LogP contribution in [-0.4, -0.2) is 17.8 Å². The topological polar surface area (TPSA) is 72.5 Å². The minimum atomic E-state index is -0.907. The van der Waals surface area contributed by atoms with E-state index < -0.39 is 12.1 Å². The third-order valence-corrected chi connectivity index (χ3v) is 3.57. The average molecular weight is 309 g/mol. The highest BCUT2D eigenvalue weighted by Crippen LogP contribution is 2.34. The van der Waals surface area contributed by atoms with Crippen molar-refractivity contribution in [3.63, 3.8) is 0 Å². The second-order valence-electron chi connectivity index (χ2n) is 5.35. The lowest BCUT2D eigenvalue weighted by Crippen LogP contribution is -2.20. The van der Waals surface area contributed by atoms with Crippen molar-refractivity contribution in [2.24, 2.45) is 5.92 Å². The summed E-state index contributed by atoms with van der Waals surface area (Å²) in [7, 11) is 0. The predicted octanol–water partition coefficient (Wildman–Crippen LogP) is 3.67. The number of carbonyl (C=O) groups is 3. The Hall–Kier alpha value is -2.95. The maximum absolute atomic E-state index is 12.2. The summed E-state index contributed by atoms with van der Waals surface area (Å²) in [4.78, 5) is 35.9. The summed E-state index contributed by atoms with van der Waals surface area (Å²) in [6, 6.07) is 15.0. The number of para-hydroxylation sites is 1. The smallest absolute Gasteiger partial charge is 0.372 e. The van der Waals surface area contributed by atoms with Gasteiger partial charge in [0.1, 0.15) is 0 Å². The molecule has 5 nitrogen and oxygen atoms in total. The Morgan fingerprint density at radius 1 is 0.913 bits per heavy atom. The maximum Gasteiger partial charge on any atom is 0.419 e. The minimum Gasteiger partial charge on any atom is -0.372 e. The van der Waals surface area contributed by atoms with Crippen molar-refractivity contribution in [2.75, 3.05) is 5.32 Å². The summed E-state index contributed by atoms with van der Waals surface area (Å²) in [5.41, 5.74) is 1.08. The molecule has 0 unspecified atom stereocenters. The Kier molecular flexibility index (Phi) is 4.19. The number of ketones is 1. The van der Waals surface area contributed by atoms with Gasteiger partial charge in [-0.3, -0.25) is 10.1 Å². The lowest BCUT2D eigenvalue weighted by molar-refractivity contribution is 0.0645. The van der Waals surface area contributed by atoms with Gasteiger partial charge < -0.3 is 4.74 Å². The molecule has 0 bridgehead atoms. The Labute approximate surface area is 133 Å². The SMILES string of the molecule is O=C(Nc1ccccc1C(=O)C1CC1)OC(=O)c1ccccc1. The molecule has 5 heteroatoms. The molecule has 0 spiro atoms. The monoisotopic (exact) mass is 309 g/mol. The van der Waals surface area contributed by atoms with Crippen LogP contribution in [0.2, 0.25) is 0 Å². The molecule has 0 aliphatic heterocycles. The van der Waals surface area contributed by atoms with Gasteiger partial charge in [0.2, 0.25) is 0 Å². The van der Waals surface area contributed by atoms with Crippen LogP contribution < -0.4 is 5.32 Å². The van der Waals surface area contributed by atoms with Gasteiger partial charge in [-0.2, -0.15) is 0 Å². The Morgan fingerprint density at radius 3 is 2.26 bits per heavy atom. The van der Waals surface area contributed by atoms with Gasteiger partial charge in [0.25, 0.3) is 0 Å². The largest absolute Gasteiger partial charge is 0.419 e. The van der Waals surface area contributed by atoms with E-state index in [1.807, 2.05) is 0 Å². The van der Waals surface area contributed by atoms with Crippen LogP contribution in [0.25, 0.3) is 0 Å². The molecule has 23 heavy (non-hydrogen) atoms. The highest BCUT2D eigenvalue weighted by Gasteiger charge is 2.31. The normalized spacial score (nSPS) is 13.2. The molecule has 1 aliphatic rings. The van der Waals surface area contributed by atoms with Gasteiger partial charge in [-0.05, 0) is 37.1 Å². The van der Waals surface area contributed by atoms with E-state index in [4.69, 9.17) is 4.74 Å². The molecule has 0 atom stereocenters. The van der Waals surface area contributed by atoms with E-state index in [0.29, 0.717) is 11.3 Å². The quantitative estimate of drug-likeness (QED) is 0.531. The van der Waals surface area contributed by atoms with E-state index in [0.717, 1.165) is 12.8 Å². The van der Waals surface area contributed by atoms with Crippen LogP contribution in [-0.2, 0) is 4.74 Å². The van der Waals surface area contributed by atoms with Gasteiger partial charge in [0.15, 0.2) is 5.78 Å². The van der Waals surface area contributed by atoms with E-state index in [1.165, 1.54) is 0 Å². The van der Waals surface area contributed by atoms with Crippen molar-refractivity contribution in [1.29, 1.82) is 0 Å². The van der Waals surface area contributed by atoms with Crippen LogP contribution in [0.15, 0.2) is 54.6 Å². The molecule has 116 valence electrons. The molecule has 1 N–H and O–H groups in total. The van der Waals surface area contributed by atoms with E-state index in [1.54, 1.807) is 54.6 Å². The third-order valence-electron chi connectivity index (χ3n) is 3.57. The first-order chi connectivity index (χ1) is 11.1. The number of benzene rings is 2. The molecule has 1 aliphatic carbocycles. The first-order valence-electron chi connectivity index (χ1n) is 7.36. The maximum atomic E-state index is 12.2. The summed E-state index contributed by atoms with van der Waals surface area (Å²) < 4.78 is 4.75. The molecule has 1 saturated carbocycles. The number of amides is 1. The molecule has 0 radical (unpaired) electrons. The van der Waals surface area contributed by atoms with Gasteiger partial charge in [-0.1, -0.05) is 30.3 Å². The molecule has 2 aromatic carbocycles. The van der Waals surface area contributed by atoms with Crippen LogP contribution >= 0.6 is 0 Å². The second kappa shape index (κ2) is 6.44. The third kappa shape index (κ3) is 3.63. The van der Waals surface area contributed by atoms with Gasteiger partial charge in [-0.25, -0.2) is 9.59 Å². The summed E-state index contributed by atoms with van der Waals surface area (Å²) in [6.45, 7) is 0. The van der Waals surface area contributed by atoms with Gasteiger partial charge in [0, 0.05) is 11.5 Å². The molecular weight excluding hydrogens is 294 g/mol. The van der Waals surface area contributed by atoms with Crippen LogP contribution in [0.1, 0.15) is 33.6 Å². The fourth-order valence-electron chi connectivity index (χ4n) is 2.23. The van der Waals surface area contributed by atoms with Gasteiger partial charge >= 0.3 is 12.1 Å². The fourth-order valence-corrected chi connectivity index (χ4v) is 2.23. The Bertz CT molecular complexity index is 751. The zero-order chi connectivity index (χ0) is 16.2. The molecule has 3 rings (SSSR count). The Morgan fingerprint density at radius 2 is 1.57 bits per heavy atom. The second-order valence-corrected chi connectivity index (χ2v) is 5.35. The number of ether oxygens (including phenoxy) is 1. The van der Waals surface area contributed by atoms with Crippen molar-refractivity contribution in [2.45, 2.75) is 12.8 Å². The van der Waals surface area contributed by atoms with Crippen LogP contribution in [0, 0.1) is 5.92 Å². The van der Waals surface area contributed by atoms with Crippen molar-refractivity contribution >= 4 is 23.5 Å². The van der Waals surface area contributed by atoms with Crippen molar-refractivity contribution in [3.05, 3.63) is 65.7 Å². The summed E-state index contributed by atoms with van der Waals surface area (Å²) in [5.74, 6) is -0.690. The molecule has 1 fully saturated rings. The number of anilines is 1. The fraction of sp³-hybridized carbons (Fsp3) is 0.167. The summed E-state index contributed by atoms with van der Waals surface area (Å²) in [5, 5.41) is 2.47. The van der Waals surface area contributed by atoms with Crippen LogP contribution in [0.4, 0.5) is 10.5 Å². The number of hydrogen-bond donors (Lipinski definition) is 1. The van der Waals surface area contributed by atoms with Crippen LogP contribution in [0.5, 0.6) is 0 Å². The predicted molar refractivity (Wildman–Crippen MR) is 84.4 cm³/mol. The molecule has 0 aromatic heterocycles. The number of rotatable bonds is 4. The minimum absolute atomic E-state index is 0.00952. The molecule has 2 aromatic rings. The molecule has 0 saturated heterocycles. The Balaban J connectivity index is 1.68. The molecule has 0 heterocycles. The number of Topliss-reactive ketones (excluding diaryl/α,β-unsaturated/α-hetero) is 1. The van der Waals surface area contributed by atoms with Crippen molar-refractivity contribution < 1.29 is 19.1 Å². The molecule has 1 amide bonds. The van der Waals surface area contributed by atoms with E-state index in [9.17, 15) is 14.4 Å². The number of esters is 1. The highest BCUT2D eigenvalue weighted by atomic mass is 16.6. The first-order valence-corrected chi connectivity index (χ1v) is 7.36. The summed E-state index contributed by atoms with van der Waals surface area (Å²) >= 11 is 0. The van der Waals surface area contributed by atoms with Crippen molar-refractivity contribution in [1.82, 2.24) is 0 Å². The summed E-state index contributed by atoms with van der Waals surface area (Å²) in [6.07, 6.45) is 0.851. The van der Waals surface area contributed by atoms with E-state index in [2.05, 4.69) is 5.32 Å². The first kappa shape index (κ1) is 15.0. The van der Waals surface area contributed by atoms with Crippen molar-refractivity contribution in [3.8, 4) is 0 Å². The lowest BCUT2D eigenvalue weighted by Gasteiger charge is -2.09. The van der Waals surface area contributed by atoms with Gasteiger partial charge in [-0.15, -0.1) is 0 Å². The number of nitrogens with one attached hydrogen (secondary N) is 1. The van der Waals surface area contributed by atoms with Crippen LogP contribution in [0.3, 0.4) is 0 Å². The van der Waals surface area contributed by atoms with E-state index >= 15 is 0 Å². The number of hydrogen-bond acceptors (Lipinski definition) is 4. The molecular formula is C18H15NO4. The van der Waals surface area contributed by atoms with E-state index in [-0.39, 0.29) is 17.3 Å². The highest BCUT2D eigenvalue weighted by molar-refractivity contribution is 6.07. The zero-order valence-corrected chi connectivity index (χ0v) is 12.3.